The molecule has 1 saturated heterocycles. The monoisotopic (exact) mass is 528 g/mol. The van der Waals surface area contributed by atoms with Crippen LogP contribution < -0.4 is 4.74 Å². The molecular formula is C27H28O11. The molecule has 3 aliphatic rings. The lowest BCUT2D eigenvalue weighted by Crippen LogP contribution is -2.49. The van der Waals surface area contributed by atoms with Crippen molar-refractivity contribution < 1.29 is 54.1 Å². The molecule has 5 N–H and O–H groups in total. The normalized spacial score (nSPS) is 30.3. The van der Waals surface area contributed by atoms with Crippen molar-refractivity contribution in [2.45, 2.75) is 69.4 Å². The fourth-order valence-electron chi connectivity index (χ4n) is 5.60. The highest BCUT2D eigenvalue weighted by Gasteiger charge is 2.49. The lowest BCUT2D eigenvalue weighted by Gasteiger charge is -2.41. The predicted molar refractivity (Wildman–Crippen MR) is 128 cm³/mol. The SMILES string of the molecule is COc1cccc2c1C(=O)c1c(O)c3c(c(O)c1C2=O)C[C@@](O)(C(C)=O)C[C@@H]3O[C@@H]1C[C@H](O)[C@@H](O)[C@H](C)O1. The summed E-state index contributed by atoms with van der Waals surface area (Å²) in [6.07, 6.45) is -6.53. The highest BCUT2D eigenvalue weighted by atomic mass is 16.7. The van der Waals surface area contributed by atoms with E-state index in [4.69, 9.17) is 14.2 Å². The van der Waals surface area contributed by atoms with E-state index in [1.54, 1.807) is 0 Å². The lowest BCUT2D eigenvalue weighted by atomic mass is 9.72. The summed E-state index contributed by atoms with van der Waals surface area (Å²) in [7, 11) is 1.33. The summed E-state index contributed by atoms with van der Waals surface area (Å²) in [5.41, 5.74) is -3.22. The molecule has 0 bridgehead atoms. The number of hydrogen-bond donors (Lipinski definition) is 5. The summed E-state index contributed by atoms with van der Waals surface area (Å²) in [5, 5.41) is 54.1. The molecule has 1 fully saturated rings. The van der Waals surface area contributed by atoms with Gasteiger partial charge in [0.25, 0.3) is 0 Å². The van der Waals surface area contributed by atoms with E-state index in [9.17, 15) is 39.9 Å². The minimum atomic E-state index is -2.03. The van der Waals surface area contributed by atoms with Crippen LogP contribution in [0.1, 0.15) is 75.8 Å². The second kappa shape index (κ2) is 9.14. The molecular weight excluding hydrogens is 500 g/mol. The number of aliphatic hydroxyl groups is 3. The number of phenolic OH excluding ortho intramolecular Hbond substituents is 2. The third-order valence-electron chi connectivity index (χ3n) is 7.72. The van der Waals surface area contributed by atoms with Crippen LogP contribution in [-0.2, 0) is 20.7 Å². The number of benzene rings is 2. The number of aliphatic hydroxyl groups excluding tert-OH is 2. The first kappa shape index (κ1) is 26.3. The first-order valence-corrected chi connectivity index (χ1v) is 12.2. The van der Waals surface area contributed by atoms with Crippen LogP contribution in [0.5, 0.6) is 17.2 Å². The van der Waals surface area contributed by atoms with Crippen molar-refractivity contribution in [1.82, 2.24) is 0 Å². The van der Waals surface area contributed by atoms with E-state index in [-0.39, 0.29) is 40.8 Å². The molecule has 11 nitrogen and oxygen atoms in total. The molecule has 0 unspecified atom stereocenters. The smallest absolute Gasteiger partial charge is 0.202 e. The third kappa shape index (κ3) is 3.81. The molecule has 0 saturated carbocycles. The lowest BCUT2D eigenvalue weighted by molar-refractivity contribution is -0.265. The summed E-state index contributed by atoms with van der Waals surface area (Å²) in [5.74, 6) is -3.31. The number of carbonyl (C=O) groups is 3. The van der Waals surface area contributed by atoms with Gasteiger partial charge in [-0.05, 0) is 19.9 Å². The van der Waals surface area contributed by atoms with Gasteiger partial charge in [-0.25, -0.2) is 0 Å². The average Bonchev–Trinajstić information content (AvgIpc) is 2.87. The van der Waals surface area contributed by atoms with Crippen LogP contribution >= 0.6 is 0 Å². The molecule has 2 aliphatic carbocycles. The van der Waals surface area contributed by atoms with Crippen LogP contribution in [0.4, 0.5) is 0 Å². The zero-order valence-corrected chi connectivity index (χ0v) is 20.9. The topological polar surface area (TPSA) is 180 Å². The number of rotatable bonds is 4. The van der Waals surface area contributed by atoms with Crippen LogP contribution in [-0.4, -0.2) is 80.2 Å². The largest absolute Gasteiger partial charge is 0.507 e. The van der Waals surface area contributed by atoms with Crippen molar-refractivity contribution in [2.24, 2.45) is 0 Å². The number of methoxy groups -OCH3 is 1. The van der Waals surface area contributed by atoms with Crippen LogP contribution in [0.15, 0.2) is 18.2 Å². The van der Waals surface area contributed by atoms with E-state index in [2.05, 4.69) is 0 Å². The first-order chi connectivity index (χ1) is 17.9. The summed E-state index contributed by atoms with van der Waals surface area (Å²) in [6.45, 7) is 2.69. The fraction of sp³-hybridized carbons (Fsp3) is 0.444. The number of aromatic hydroxyl groups is 2. The standard InChI is InChI=1S/C27H28O11/c1-10-22(30)14(29)7-17(37-10)38-16-9-27(35,11(2)28)8-13-19(16)26(34)21-20(24(13)32)23(31)12-5-4-6-15(36-3)18(12)25(21)33/h4-6,10,14,16-17,22,29-30,32,34-35H,7-9H2,1-3H3/t10-,14-,16-,17+,22-,27-/m0/s1. The van der Waals surface area contributed by atoms with Gasteiger partial charge in [0.2, 0.25) is 5.78 Å². The van der Waals surface area contributed by atoms with E-state index < -0.39 is 82.7 Å². The molecule has 38 heavy (non-hydrogen) atoms. The zero-order chi connectivity index (χ0) is 27.7. The van der Waals surface area contributed by atoms with E-state index >= 15 is 0 Å². The average molecular weight is 529 g/mol. The van der Waals surface area contributed by atoms with Crippen LogP contribution in [0.3, 0.4) is 0 Å². The van der Waals surface area contributed by atoms with Crippen molar-refractivity contribution in [3.63, 3.8) is 0 Å². The molecule has 2 aromatic rings. The molecule has 1 aliphatic heterocycles. The van der Waals surface area contributed by atoms with E-state index in [1.165, 1.54) is 32.2 Å². The van der Waals surface area contributed by atoms with Crippen molar-refractivity contribution in [3.05, 3.63) is 51.6 Å². The molecule has 5 rings (SSSR count). The summed E-state index contributed by atoms with van der Waals surface area (Å²) in [4.78, 5) is 39.5. The minimum Gasteiger partial charge on any atom is -0.507 e. The molecule has 1 heterocycles. The molecule has 202 valence electrons. The molecule has 0 spiro atoms. The Kier molecular flexibility index (Phi) is 6.32. The van der Waals surface area contributed by atoms with Crippen molar-refractivity contribution in [3.8, 4) is 17.2 Å². The maximum Gasteiger partial charge on any atom is 0.202 e. The van der Waals surface area contributed by atoms with Gasteiger partial charge in [-0.2, -0.15) is 0 Å². The summed E-state index contributed by atoms with van der Waals surface area (Å²) >= 11 is 0. The summed E-state index contributed by atoms with van der Waals surface area (Å²) in [6, 6.07) is 4.40. The van der Waals surface area contributed by atoms with Crippen LogP contribution in [0, 0.1) is 0 Å². The van der Waals surface area contributed by atoms with Crippen molar-refractivity contribution in [1.29, 1.82) is 0 Å². The molecule has 0 amide bonds. The molecule has 0 aromatic heterocycles. The van der Waals surface area contributed by atoms with Gasteiger partial charge in [-0.3, -0.25) is 14.4 Å². The van der Waals surface area contributed by atoms with Gasteiger partial charge in [0, 0.05) is 36.0 Å². The summed E-state index contributed by atoms with van der Waals surface area (Å²) < 4.78 is 16.9. The maximum atomic E-state index is 13.6. The third-order valence-corrected chi connectivity index (χ3v) is 7.72. The quantitative estimate of drug-likeness (QED) is 0.306. The molecule has 6 atom stereocenters. The molecule has 0 radical (unpaired) electrons. The fourth-order valence-corrected chi connectivity index (χ4v) is 5.60. The molecule has 2 aromatic carbocycles. The second-order valence-electron chi connectivity index (χ2n) is 10.0. The number of ketones is 3. The second-order valence-corrected chi connectivity index (χ2v) is 10.0. The Balaban J connectivity index is 1.68. The van der Waals surface area contributed by atoms with Crippen LogP contribution in [0.2, 0.25) is 0 Å². The number of fused-ring (bicyclic) bond motifs is 3. The zero-order valence-electron chi connectivity index (χ0n) is 20.9. The van der Waals surface area contributed by atoms with Gasteiger partial charge in [-0.1, -0.05) is 12.1 Å². The Morgan fingerprint density at radius 3 is 2.39 bits per heavy atom. The van der Waals surface area contributed by atoms with E-state index in [0.29, 0.717) is 0 Å². The van der Waals surface area contributed by atoms with Gasteiger partial charge in [0.15, 0.2) is 17.9 Å². The maximum absolute atomic E-state index is 13.6. The first-order valence-electron chi connectivity index (χ1n) is 12.2. The van der Waals surface area contributed by atoms with Gasteiger partial charge < -0.3 is 39.7 Å². The van der Waals surface area contributed by atoms with Gasteiger partial charge in [0.1, 0.15) is 29.0 Å². The Hall–Kier alpha value is -3.35. The number of phenols is 2. The number of hydrogen-bond acceptors (Lipinski definition) is 11. The van der Waals surface area contributed by atoms with Crippen molar-refractivity contribution in [2.75, 3.05) is 7.11 Å². The number of ether oxygens (including phenoxy) is 3. The van der Waals surface area contributed by atoms with Gasteiger partial charge >= 0.3 is 0 Å². The Bertz CT molecular complexity index is 1350. The number of carbonyl (C=O) groups excluding carboxylic acids is 3. The molecule has 11 heteroatoms. The van der Waals surface area contributed by atoms with Crippen molar-refractivity contribution >= 4 is 17.3 Å². The Morgan fingerprint density at radius 2 is 1.76 bits per heavy atom. The predicted octanol–water partition coefficient (Wildman–Crippen LogP) is 1.06. The Labute approximate surface area is 217 Å². The van der Waals surface area contributed by atoms with E-state index in [1.807, 2.05) is 0 Å². The van der Waals surface area contributed by atoms with Crippen LogP contribution in [0.25, 0.3) is 0 Å². The Morgan fingerprint density at radius 1 is 1.08 bits per heavy atom. The minimum absolute atomic E-state index is 0.0286. The highest BCUT2D eigenvalue weighted by molar-refractivity contribution is 6.31. The number of Topliss-reactive ketones (excluding diaryl/α,β-unsaturated/α-hetero) is 1. The highest BCUT2D eigenvalue weighted by Crippen LogP contribution is 2.52. The van der Waals surface area contributed by atoms with Gasteiger partial charge in [0.05, 0.1) is 42.1 Å². The van der Waals surface area contributed by atoms with E-state index in [0.717, 1.165) is 6.92 Å². The van der Waals surface area contributed by atoms with Gasteiger partial charge in [-0.15, -0.1) is 0 Å².